The van der Waals surface area contributed by atoms with Gasteiger partial charge < -0.3 is 15.4 Å². The molecule has 1 aliphatic carbocycles. The van der Waals surface area contributed by atoms with Crippen LogP contribution in [0.5, 0.6) is 5.75 Å². The van der Waals surface area contributed by atoms with Gasteiger partial charge in [0.2, 0.25) is 0 Å². The molecule has 2 amide bonds. The molecule has 2 aromatic carbocycles. The summed E-state index contributed by atoms with van der Waals surface area (Å²) < 4.78 is 5.45. The van der Waals surface area contributed by atoms with Gasteiger partial charge in [-0.05, 0) is 43.2 Å². The highest BCUT2D eigenvalue weighted by molar-refractivity contribution is 6.30. The first kappa shape index (κ1) is 19.2. The fourth-order valence-electron chi connectivity index (χ4n) is 3.19. The van der Waals surface area contributed by atoms with Crippen LogP contribution < -0.4 is 15.4 Å². The third kappa shape index (κ3) is 5.73. The summed E-state index contributed by atoms with van der Waals surface area (Å²) >= 11 is 5.90. The molecule has 2 N–H and O–H groups in total. The Morgan fingerprint density at radius 3 is 2.59 bits per heavy atom. The number of nitrogens with one attached hydrogen (secondary N) is 2. The number of halogens is 1. The van der Waals surface area contributed by atoms with Crippen molar-refractivity contribution in [3.05, 3.63) is 59.1 Å². The Hall–Kier alpha value is -2.53. The van der Waals surface area contributed by atoms with Gasteiger partial charge in [0.1, 0.15) is 5.75 Å². The maximum atomic E-state index is 12.6. The van der Waals surface area contributed by atoms with E-state index in [1.165, 1.54) is 6.42 Å². The first-order valence-electron chi connectivity index (χ1n) is 9.20. The molecule has 6 heteroatoms. The third-order valence-corrected chi connectivity index (χ3v) is 4.79. The van der Waals surface area contributed by atoms with Gasteiger partial charge in [0.05, 0.1) is 11.3 Å². The lowest BCUT2D eigenvalue weighted by Gasteiger charge is -2.23. The second-order valence-corrected chi connectivity index (χ2v) is 7.08. The molecule has 1 fully saturated rings. The van der Waals surface area contributed by atoms with Crippen LogP contribution in [0.3, 0.4) is 0 Å². The molecule has 0 bridgehead atoms. The molecule has 0 spiro atoms. The van der Waals surface area contributed by atoms with E-state index in [4.69, 9.17) is 16.3 Å². The molecule has 0 aliphatic heterocycles. The fourth-order valence-corrected chi connectivity index (χ4v) is 3.37. The van der Waals surface area contributed by atoms with Crippen LogP contribution in [0.2, 0.25) is 5.02 Å². The summed E-state index contributed by atoms with van der Waals surface area (Å²) in [7, 11) is 0. The fraction of sp³-hybridized carbons (Fsp3) is 0.333. The number of para-hydroxylation sites is 1. The first-order chi connectivity index (χ1) is 13.1. The molecule has 3 rings (SSSR count). The van der Waals surface area contributed by atoms with Crippen LogP contribution >= 0.6 is 11.6 Å². The van der Waals surface area contributed by atoms with Crippen molar-refractivity contribution in [1.29, 1.82) is 0 Å². The molecular formula is C21H23ClN2O3. The van der Waals surface area contributed by atoms with Gasteiger partial charge in [-0.3, -0.25) is 9.59 Å². The topological polar surface area (TPSA) is 67.4 Å². The predicted molar refractivity (Wildman–Crippen MR) is 106 cm³/mol. The summed E-state index contributed by atoms with van der Waals surface area (Å²) in [6, 6.07) is 14.1. The van der Waals surface area contributed by atoms with E-state index in [0.717, 1.165) is 25.7 Å². The Kier molecular flexibility index (Phi) is 6.71. The number of ether oxygens (including phenoxy) is 1. The highest BCUT2D eigenvalue weighted by atomic mass is 35.5. The van der Waals surface area contributed by atoms with Crippen LogP contribution in [0.4, 0.5) is 5.69 Å². The number of carbonyl (C=O) groups excluding carboxylic acids is 2. The zero-order chi connectivity index (χ0) is 19.1. The molecule has 0 unspecified atom stereocenters. The van der Waals surface area contributed by atoms with E-state index >= 15 is 0 Å². The second kappa shape index (κ2) is 9.42. The van der Waals surface area contributed by atoms with Crippen molar-refractivity contribution in [2.45, 2.75) is 38.1 Å². The average molecular weight is 387 g/mol. The van der Waals surface area contributed by atoms with Crippen molar-refractivity contribution in [3.63, 3.8) is 0 Å². The number of benzene rings is 2. The van der Waals surface area contributed by atoms with E-state index in [9.17, 15) is 9.59 Å². The summed E-state index contributed by atoms with van der Waals surface area (Å²) in [5.41, 5.74) is 0.935. The van der Waals surface area contributed by atoms with Crippen molar-refractivity contribution in [3.8, 4) is 5.75 Å². The van der Waals surface area contributed by atoms with Gasteiger partial charge in [0, 0.05) is 11.1 Å². The van der Waals surface area contributed by atoms with Crippen molar-refractivity contribution in [1.82, 2.24) is 5.32 Å². The molecule has 2 aromatic rings. The maximum Gasteiger partial charge on any atom is 0.262 e. The van der Waals surface area contributed by atoms with Crippen LogP contribution in [-0.4, -0.2) is 24.5 Å². The summed E-state index contributed by atoms with van der Waals surface area (Å²) in [5.74, 6) is 0.0161. The normalized spacial score (nSPS) is 14.4. The zero-order valence-corrected chi connectivity index (χ0v) is 15.8. The molecule has 27 heavy (non-hydrogen) atoms. The first-order valence-corrected chi connectivity index (χ1v) is 9.58. The molecule has 0 radical (unpaired) electrons. The summed E-state index contributed by atoms with van der Waals surface area (Å²) in [6.07, 6.45) is 5.53. The van der Waals surface area contributed by atoms with Gasteiger partial charge in [-0.15, -0.1) is 0 Å². The van der Waals surface area contributed by atoms with Gasteiger partial charge in [0.15, 0.2) is 6.61 Å². The van der Waals surface area contributed by atoms with Crippen molar-refractivity contribution in [2.75, 3.05) is 11.9 Å². The molecule has 0 saturated heterocycles. The predicted octanol–water partition coefficient (Wildman–Crippen LogP) is 4.42. The highest BCUT2D eigenvalue weighted by Crippen LogP contribution is 2.20. The van der Waals surface area contributed by atoms with Crippen LogP contribution in [0.1, 0.15) is 42.5 Å². The van der Waals surface area contributed by atoms with E-state index in [-0.39, 0.29) is 24.5 Å². The lowest BCUT2D eigenvalue weighted by Crippen LogP contribution is -2.36. The summed E-state index contributed by atoms with van der Waals surface area (Å²) in [5, 5.41) is 6.37. The largest absolute Gasteiger partial charge is 0.484 e. The molecule has 5 nitrogen and oxygen atoms in total. The molecule has 1 aliphatic rings. The van der Waals surface area contributed by atoms with E-state index in [2.05, 4.69) is 10.6 Å². The number of rotatable bonds is 6. The van der Waals surface area contributed by atoms with E-state index < -0.39 is 0 Å². The Balaban J connectivity index is 1.59. The molecular weight excluding hydrogens is 364 g/mol. The summed E-state index contributed by atoms with van der Waals surface area (Å²) in [6.45, 7) is -0.168. The monoisotopic (exact) mass is 386 g/mol. The maximum absolute atomic E-state index is 12.6. The van der Waals surface area contributed by atoms with Crippen LogP contribution in [0.15, 0.2) is 48.5 Å². The lowest BCUT2D eigenvalue weighted by molar-refractivity contribution is -0.118. The molecule has 142 valence electrons. The number of anilines is 1. The minimum atomic E-state index is -0.340. The van der Waals surface area contributed by atoms with Gasteiger partial charge in [-0.2, -0.15) is 0 Å². The Bertz CT molecular complexity index is 804. The third-order valence-electron chi connectivity index (χ3n) is 4.55. The lowest BCUT2D eigenvalue weighted by atomic mass is 9.95. The van der Waals surface area contributed by atoms with Crippen LogP contribution in [-0.2, 0) is 4.79 Å². The minimum Gasteiger partial charge on any atom is -0.484 e. The van der Waals surface area contributed by atoms with Gasteiger partial charge in [-0.25, -0.2) is 0 Å². The molecule has 1 saturated carbocycles. The van der Waals surface area contributed by atoms with Gasteiger partial charge in [-0.1, -0.05) is 49.1 Å². The van der Waals surface area contributed by atoms with E-state index in [0.29, 0.717) is 22.0 Å². The molecule has 0 atom stereocenters. The van der Waals surface area contributed by atoms with Crippen molar-refractivity contribution in [2.24, 2.45) is 0 Å². The van der Waals surface area contributed by atoms with Crippen molar-refractivity contribution < 1.29 is 14.3 Å². The van der Waals surface area contributed by atoms with Gasteiger partial charge >= 0.3 is 0 Å². The Labute approximate surface area is 164 Å². The second-order valence-electron chi connectivity index (χ2n) is 6.65. The Morgan fingerprint density at radius 2 is 1.81 bits per heavy atom. The Morgan fingerprint density at radius 1 is 1.04 bits per heavy atom. The quantitative estimate of drug-likeness (QED) is 0.772. The summed E-state index contributed by atoms with van der Waals surface area (Å²) in [4.78, 5) is 24.9. The number of carbonyl (C=O) groups is 2. The minimum absolute atomic E-state index is 0.159. The molecule has 0 heterocycles. The standard InChI is InChI=1S/C21H23ClN2O3/c22-15-7-6-10-17(13-15)27-14-20(25)24-19-12-5-4-11-18(19)21(26)23-16-8-2-1-3-9-16/h4-7,10-13,16H,1-3,8-9,14H2,(H,23,26)(H,24,25). The van der Waals surface area contributed by atoms with E-state index in [1.807, 2.05) is 0 Å². The highest BCUT2D eigenvalue weighted by Gasteiger charge is 2.19. The number of amides is 2. The number of hydrogen-bond acceptors (Lipinski definition) is 3. The van der Waals surface area contributed by atoms with Crippen LogP contribution in [0.25, 0.3) is 0 Å². The van der Waals surface area contributed by atoms with Crippen molar-refractivity contribution >= 4 is 29.1 Å². The average Bonchev–Trinajstić information content (AvgIpc) is 2.68. The van der Waals surface area contributed by atoms with Crippen LogP contribution in [0, 0.1) is 0 Å². The smallest absolute Gasteiger partial charge is 0.262 e. The SMILES string of the molecule is O=C(COc1cccc(Cl)c1)Nc1ccccc1C(=O)NC1CCCCC1. The van der Waals surface area contributed by atoms with Gasteiger partial charge in [0.25, 0.3) is 11.8 Å². The molecule has 0 aromatic heterocycles. The number of hydrogen-bond donors (Lipinski definition) is 2. The van der Waals surface area contributed by atoms with E-state index in [1.54, 1.807) is 48.5 Å². The zero-order valence-electron chi connectivity index (χ0n) is 15.0.